The molecule has 112 valence electrons. The van der Waals surface area contributed by atoms with Crippen LogP contribution in [-0.2, 0) is 10.2 Å². The molecule has 0 unspecified atom stereocenters. The van der Waals surface area contributed by atoms with Crippen LogP contribution in [0, 0.1) is 5.92 Å². The lowest BCUT2D eigenvalue weighted by atomic mass is 10.00. The van der Waals surface area contributed by atoms with Crippen molar-refractivity contribution in [1.82, 2.24) is 4.31 Å². The van der Waals surface area contributed by atoms with E-state index in [0.29, 0.717) is 40.6 Å². The number of aliphatic hydroxyl groups is 1. The molecule has 0 spiro atoms. The van der Waals surface area contributed by atoms with Crippen molar-refractivity contribution in [3.05, 3.63) is 27.1 Å². The van der Waals surface area contributed by atoms with E-state index in [1.807, 2.05) is 6.07 Å². The summed E-state index contributed by atoms with van der Waals surface area (Å²) in [6.45, 7) is 0.988. The Morgan fingerprint density at radius 2 is 1.80 bits per heavy atom. The van der Waals surface area contributed by atoms with Gasteiger partial charge in [0.2, 0.25) is 0 Å². The first-order valence-corrected chi connectivity index (χ1v) is 9.29. The smallest absolute Gasteiger partial charge is 0.301 e. The number of nitrogens with one attached hydrogen (secondary N) is 1. The largest absolute Gasteiger partial charge is 0.396 e. The fourth-order valence-corrected chi connectivity index (χ4v) is 4.88. The van der Waals surface area contributed by atoms with E-state index < -0.39 is 10.2 Å². The maximum absolute atomic E-state index is 12.4. The van der Waals surface area contributed by atoms with Crippen LogP contribution >= 0.6 is 31.9 Å². The molecule has 1 aromatic carbocycles. The molecule has 1 fully saturated rings. The van der Waals surface area contributed by atoms with Crippen molar-refractivity contribution in [1.29, 1.82) is 0 Å². The molecule has 0 saturated carbocycles. The highest BCUT2D eigenvalue weighted by molar-refractivity contribution is 9.11. The molecule has 1 aliphatic rings. The number of aliphatic hydroxyl groups excluding tert-OH is 1. The minimum atomic E-state index is -3.57. The number of rotatable bonds is 4. The van der Waals surface area contributed by atoms with Crippen LogP contribution in [0.5, 0.6) is 0 Å². The van der Waals surface area contributed by atoms with Crippen LogP contribution in [0.15, 0.2) is 27.1 Å². The Morgan fingerprint density at radius 3 is 2.30 bits per heavy atom. The molecule has 2 rings (SSSR count). The van der Waals surface area contributed by atoms with E-state index in [-0.39, 0.29) is 12.5 Å². The maximum atomic E-state index is 12.4. The highest BCUT2D eigenvalue weighted by atomic mass is 79.9. The van der Waals surface area contributed by atoms with Gasteiger partial charge in [0.05, 0.1) is 5.69 Å². The van der Waals surface area contributed by atoms with Crippen molar-refractivity contribution in [2.75, 3.05) is 24.4 Å². The van der Waals surface area contributed by atoms with Crippen molar-refractivity contribution in [2.24, 2.45) is 5.92 Å². The average molecular weight is 428 g/mol. The van der Waals surface area contributed by atoms with Gasteiger partial charge in [-0.05, 0) is 62.8 Å². The van der Waals surface area contributed by atoms with Gasteiger partial charge >= 0.3 is 10.2 Å². The van der Waals surface area contributed by atoms with Crippen molar-refractivity contribution < 1.29 is 13.5 Å². The van der Waals surface area contributed by atoms with Crippen LogP contribution in [0.4, 0.5) is 5.69 Å². The van der Waals surface area contributed by atoms with Crippen LogP contribution in [0.2, 0.25) is 0 Å². The molecule has 1 heterocycles. The third-order valence-electron chi connectivity index (χ3n) is 3.37. The first-order chi connectivity index (χ1) is 9.44. The molecule has 8 heteroatoms. The zero-order valence-corrected chi connectivity index (χ0v) is 14.7. The van der Waals surface area contributed by atoms with E-state index in [0.717, 1.165) is 0 Å². The van der Waals surface area contributed by atoms with Gasteiger partial charge in [-0.3, -0.25) is 4.72 Å². The number of hydrogen-bond donors (Lipinski definition) is 2. The van der Waals surface area contributed by atoms with Gasteiger partial charge in [0.25, 0.3) is 0 Å². The number of benzene rings is 1. The average Bonchev–Trinajstić information content (AvgIpc) is 2.43. The predicted octanol–water partition coefficient (Wildman–Crippen LogP) is 2.57. The number of piperidine rings is 1. The predicted molar refractivity (Wildman–Crippen MR) is 85.8 cm³/mol. The molecule has 0 aromatic heterocycles. The van der Waals surface area contributed by atoms with Gasteiger partial charge in [0.1, 0.15) is 0 Å². The molecule has 0 amide bonds. The lowest BCUT2D eigenvalue weighted by molar-refractivity contribution is 0.170. The Kier molecular flexibility index (Phi) is 5.47. The summed E-state index contributed by atoms with van der Waals surface area (Å²) in [5, 5.41) is 9.09. The lowest BCUT2D eigenvalue weighted by Gasteiger charge is -2.30. The molecular formula is C12H16Br2N2O3S. The number of halogens is 2. The molecule has 1 aliphatic heterocycles. The highest BCUT2D eigenvalue weighted by Crippen LogP contribution is 2.32. The Hall–Kier alpha value is -0.150. The molecule has 0 bridgehead atoms. The normalized spacial score (nSPS) is 18.1. The Balaban J connectivity index is 2.12. The van der Waals surface area contributed by atoms with Crippen LogP contribution < -0.4 is 4.72 Å². The van der Waals surface area contributed by atoms with E-state index in [1.165, 1.54) is 4.31 Å². The molecule has 1 aromatic rings. The van der Waals surface area contributed by atoms with Gasteiger partial charge in [0.15, 0.2) is 0 Å². The fraction of sp³-hybridized carbons (Fsp3) is 0.500. The minimum absolute atomic E-state index is 0.122. The second kappa shape index (κ2) is 6.74. The Labute approximate surface area is 135 Å². The number of nitrogens with zero attached hydrogens (tertiary/aromatic N) is 1. The Morgan fingerprint density at radius 1 is 1.25 bits per heavy atom. The summed E-state index contributed by atoms with van der Waals surface area (Å²) in [6.07, 6.45) is 1.38. The van der Waals surface area contributed by atoms with Crippen LogP contribution in [0.1, 0.15) is 12.8 Å². The summed E-state index contributed by atoms with van der Waals surface area (Å²) in [4.78, 5) is 0. The quantitative estimate of drug-likeness (QED) is 0.775. The molecule has 1 saturated heterocycles. The van der Waals surface area contributed by atoms with E-state index in [9.17, 15) is 8.42 Å². The van der Waals surface area contributed by atoms with Gasteiger partial charge in [-0.25, -0.2) is 0 Å². The van der Waals surface area contributed by atoms with Crippen molar-refractivity contribution in [2.45, 2.75) is 12.8 Å². The van der Waals surface area contributed by atoms with E-state index in [1.54, 1.807) is 12.1 Å². The van der Waals surface area contributed by atoms with E-state index in [4.69, 9.17) is 5.11 Å². The summed E-state index contributed by atoms with van der Waals surface area (Å²) < 4.78 is 30.1. The van der Waals surface area contributed by atoms with Gasteiger partial charge in [0, 0.05) is 28.6 Å². The maximum Gasteiger partial charge on any atom is 0.301 e. The van der Waals surface area contributed by atoms with Crippen LogP contribution in [-0.4, -0.2) is 37.5 Å². The summed E-state index contributed by atoms with van der Waals surface area (Å²) in [5.41, 5.74) is 0.497. The van der Waals surface area contributed by atoms with Crippen molar-refractivity contribution in [3.63, 3.8) is 0 Å². The summed E-state index contributed by atoms with van der Waals surface area (Å²) in [6, 6.07) is 5.37. The monoisotopic (exact) mass is 426 g/mol. The summed E-state index contributed by atoms with van der Waals surface area (Å²) >= 11 is 6.67. The van der Waals surface area contributed by atoms with Crippen LogP contribution in [0.3, 0.4) is 0 Å². The molecule has 20 heavy (non-hydrogen) atoms. The van der Waals surface area contributed by atoms with Gasteiger partial charge < -0.3 is 5.11 Å². The zero-order chi connectivity index (χ0) is 14.8. The molecule has 2 N–H and O–H groups in total. The highest BCUT2D eigenvalue weighted by Gasteiger charge is 2.28. The van der Waals surface area contributed by atoms with Crippen LogP contribution in [0.25, 0.3) is 0 Å². The SMILES string of the molecule is O=S(=O)(Nc1c(Br)cccc1Br)N1CCC(CO)CC1. The molecule has 0 atom stereocenters. The van der Waals surface area contributed by atoms with Crippen molar-refractivity contribution >= 4 is 47.8 Å². The number of para-hydroxylation sites is 1. The topological polar surface area (TPSA) is 69.6 Å². The molecule has 5 nitrogen and oxygen atoms in total. The number of hydrogen-bond acceptors (Lipinski definition) is 3. The molecule has 0 radical (unpaired) electrons. The van der Waals surface area contributed by atoms with Gasteiger partial charge in [-0.15, -0.1) is 0 Å². The minimum Gasteiger partial charge on any atom is -0.396 e. The van der Waals surface area contributed by atoms with Gasteiger partial charge in [-0.1, -0.05) is 6.07 Å². The second-order valence-electron chi connectivity index (χ2n) is 4.73. The standard InChI is InChI=1S/C12H16Br2N2O3S/c13-10-2-1-3-11(14)12(10)15-20(18,19)16-6-4-9(8-17)5-7-16/h1-3,9,15,17H,4-8H2. The second-order valence-corrected chi connectivity index (χ2v) is 8.11. The van der Waals surface area contributed by atoms with Gasteiger partial charge in [-0.2, -0.15) is 12.7 Å². The van der Waals surface area contributed by atoms with E-state index in [2.05, 4.69) is 36.6 Å². The summed E-state index contributed by atoms with van der Waals surface area (Å²) in [7, 11) is -3.57. The third kappa shape index (κ3) is 3.73. The number of anilines is 1. The summed E-state index contributed by atoms with van der Waals surface area (Å²) in [5.74, 6) is 0.205. The fourth-order valence-electron chi connectivity index (χ4n) is 2.12. The molecule has 0 aliphatic carbocycles. The van der Waals surface area contributed by atoms with E-state index >= 15 is 0 Å². The first-order valence-electron chi connectivity index (χ1n) is 6.27. The Bertz CT molecular complexity index is 552. The van der Waals surface area contributed by atoms with Crippen molar-refractivity contribution in [3.8, 4) is 0 Å². The lowest BCUT2D eigenvalue weighted by Crippen LogP contribution is -2.42. The first kappa shape index (κ1) is 16.2. The zero-order valence-electron chi connectivity index (χ0n) is 10.7. The molecular weight excluding hydrogens is 412 g/mol. The third-order valence-corrected chi connectivity index (χ3v) is 6.19.